The number of nitrogens with one attached hydrogen (secondary N) is 2. The maximum absolute atomic E-state index is 11.2. The normalized spacial score (nSPS) is 14.5. The van der Waals surface area contributed by atoms with E-state index in [4.69, 9.17) is 5.21 Å². The van der Waals surface area contributed by atoms with E-state index >= 15 is 0 Å². The van der Waals surface area contributed by atoms with Crippen LogP contribution in [0.2, 0.25) is 0 Å². The van der Waals surface area contributed by atoms with E-state index in [0.717, 1.165) is 43.7 Å². The fourth-order valence-corrected chi connectivity index (χ4v) is 3.93. The van der Waals surface area contributed by atoms with Crippen molar-refractivity contribution in [2.75, 3.05) is 13.1 Å². The molecule has 3 N–H and O–H groups in total. The molecule has 2 aromatic heterocycles. The number of aromatic amines is 1. The fraction of sp³-hybridized carbons (Fsp3) is 0.273. The van der Waals surface area contributed by atoms with Crippen LogP contribution in [0.25, 0.3) is 17.1 Å². The highest BCUT2D eigenvalue weighted by molar-refractivity contribution is 5.90. The third kappa shape index (κ3) is 3.83. The second kappa shape index (κ2) is 7.96. The van der Waals surface area contributed by atoms with Gasteiger partial charge in [-0.3, -0.25) is 14.9 Å². The summed E-state index contributed by atoms with van der Waals surface area (Å²) >= 11 is 0. The van der Waals surface area contributed by atoms with Crippen molar-refractivity contribution < 1.29 is 10.0 Å². The van der Waals surface area contributed by atoms with Crippen molar-refractivity contribution in [2.45, 2.75) is 26.3 Å². The zero-order chi connectivity index (χ0) is 19.5. The summed E-state index contributed by atoms with van der Waals surface area (Å²) in [5, 5.41) is 9.81. The molecule has 3 heterocycles. The van der Waals surface area contributed by atoms with Crippen LogP contribution < -0.4 is 5.48 Å². The van der Waals surface area contributed by atoms with Crippen LogP contribution in [0.15, 0.2) is 42.6 Å². The Bertz CT molecular complexity index is 1040. The van der Waals surface area contributed by atoms with Gasteiger partial charge >= 0.3 is 0 Å². The minimum absolute atomic E-state index is 0.525. The molecule has 0 unspecified atom stereocenters. The van der Waals surface area contributed by atoms with Gasteiger partial charge in [0.25, 0.3) is 5.91 Å². The average molecular weight is 376 g/mol. The van der Waals surface area contributed by atoms with E-state index in [1.807, 2.05) is 18.3 Å². The number of hydrogen-bond donors (Lipinski definition) is 3. The number of hydroxylamine groups is 1. The molecule has 0 saturated heterocycles. The number of H-pyrrole nitrogens is 1. The topological polar surface area (TPSA) is 81.2 Å². The highest BCUT2D eigenvalue weighted by Crippen LogP contribution is 2.24. The van der Waals surface area contributed by atoms with E-state index in [1.165, 1.54) is 33.8 Å². The SMILES string of the molecule is Cc1[nH]c2ncccc2c1CCN1CCc2ccc(C=CC(=O)NO)cc2C1. The van der Waals surface area contributed by atoms with Crippen LogP contribution >= 0.6 is 0 Å². The Morgan fingerprint density at radius 2 is 2.25 bits per heavy atom. The van der Waals surface area contributed by atoms with E-state index in [1.54, 1.807) is 11.6 Å². The van der Waals surface area contributed by atoms with Crippen molar-refractivity contribution in [1.29, 1.82) is 0 Å². The quantitative estimate of drug-likeness (QED) is 0.363. The van der Waals surface area contributed by atoms with Gasteiger partial charge in [-0.1, -0.05) is 18.2 Å². The highest BCUT2D eigenvalue weighted by Gasteiger charge is 2.17. The first-order valence-electron chi connectivity index (χ1n) is 9.52. The van der Waals surface area contributed by atoms with Gasteiger partial charge in [0.05, 0.1) is 0 Å². The summed E-state index contributed by atoms with van der Waals surface area (Å²) in [6.07, 6.45) is 6.89. The largest absolute Gasteiger partial charge is 0.343 e. The Kier molecular flexibility index (Phi) is 5.23. The number of nitrogens with zero attached hydrogens (tertiary/aromatic N) is 2. The van der Waals surface area contributed by atoms with Crippen LogP contribution in [0.5, 0.6) is 0 Å². The van der Waals surface area contributed by atoms with Gasteiger partial charge in [0.15, 0.2) is 0 Å². The van der Waals surface area contributed by atoms with Crippen molar-refractivity contribution in [3.8, 4) is 0 Å². The molecule has 0 bridgehead atoms. The number of aromatic nitrogens is 2. The van der Waals surface area contributed by atoms with Gasteiger partial charge in [-0.2, -0.15) is 0 Å². The molecule has 3 aromatic rings. The number of rotatable bonds is 5. The lowest BCUT2D eigenvalue weighted by Crippen LogP contribution is -2.32. The maximum Gasteiger partial charge on any atom is 0.267 e. The molecule has 1 aromatic carbocycles. The summed E-state index contributed by atoms with van der Waals surface area (Å²) in [6, 6.07) is 10.4. The van der Waals surface area contributed by atoms with E-state index in [2.05, 4.69) is 40.0 Å². The Morgan fingerprint density at radius 1 is 1.36 bits per heavy atom. The van der Waals surface area contributed by atoms with Gasteiger partial charge in [-0.25, -0.2) is 10.5 Å². The Labute approximate surface area is 163 Å². The van der Waals surface area contributed by atoms with E-state index in [0.29, 0.717) is 0 Å². The molecule has 0 saturated carbocycles. The molecule has 0 spiro atoms. The summed E-state index contributed by atoms with van der Waals surface area (Å²) in [5.41, 5.74) is 8.74. The molecule has 0 radical (unpaired) electrons. The molecule has 0 aliphatic carbocycles. The Balaban J connectivity index is 1.45. The Morgan fingerprint density at radius 3 is 3.11 bits per heavy atom. The lowest BCUT2D eigenvalue weighted by atomic mass is 9.96. The van der Waals surface area contributed by atoms with Gasteiger partial charge in [0.1, 0.15) is 5.65 Å². The second-order valence-corrected chi connectivity index (χ2v) is 7.24. The molecule has 1 amide bonds. The summed E-state index contributed by atoms with van der Waals surface area (Å²) in [6.45, 7) is 5.07. The van der Waals surface area contributed by atoms with Crippen LogP contribution in [0, 0.1) is 6.92 Å². The van der Waals surface area contributed by atoms with Crippen molar-refractivity contribution in [3.63, 3.8) is 0 Å². The van der Waals surface area contributed by atoms with E-state index in [-0.39, 0.29) is 0 Å². The molecule has 4 rings (SSSR count). The summed E-state index contributed by atoms with van der Waals surface area (Å²) in [4.78, 5) is 21.4. The standard InChI is InChI=1S/C22H24N4O2/c1-15-19(20-3-2-10-23-22(20)24-15)9-12-26-11-8-17-6-4-16(13-18(17)14-26)5-7-21(27)25-28/h2-7,10,13,28H,8-9,11-12,14H2,1H3,(H,23,24)(H,25,27). The van der Waals surface area contributed by atoms with Crippen LogP contribution in [-0.2, 0) is 24.2 Å². The van der Waals surface area contributed by atoms with Gasteiger partial charge < -0.3 is 4.98 Å². The number of hydrogen-bond acceptors (Lipinski definition) is 4. The van der Waals surface area contributed by atoms with Crippen LogP contribution in [0.4, 0.5) is 0 Å². The zero-order valence-electron chi connectivity index (χ0n) is 15.9. The minimum atomic E-state index is -0.525. The van der Waals surface area contributed by atoms with Gasteiger partial charge in [-0.15, -0.1) is 0 Å². The first kappa shape index (κ1) is 18.4. The molecule has 0 fully saturated rings. The number of amides is 1. The van der Waals surface area contributed by atoms with Crippen LogP contribution in [0.1, 0.15) is 27.9 Å². The number of carbonyl (C=O) groups excluding carboxylic acids is 1. The molecule has 1 aliphatic heterocycles. The molecule has 144 valence electrons. The number of pyridine rings is 1. The molecule has 6 heteroatoms. The molecular formula is C22H24N4O2. The lowest BCUT2D eigenvalue weighted by molar-refractivity contribution is -0.124. The first-order valence-corrected chi connectivity index (χ1v) is 9.52. The number of carbonyl (C=O) groups is 1. The third-order valence-corrected chi connectivity index (χ3v) is 5.43. The zero-order valence-corrected chi connectivity index (χ0v) is 15.9. The molecular weight excluding hydrogens is 352 g/mol. The Hall–Kier alpha value is -2.96. The average Bonchev–Trinajstić information content (AvgIpc) is 3.05. The maximum atomic E-state index is 11.2. The first-order chi connectivity index (χ1) is 13.6. The van der Waals surface area contributed by atoms with Crippen LogP contribution in [-0.4, -0.2) is 39.1 Å². The second-order valence-electron chi connectivity index (χ2n) is 7.24. The highest BCUT2D eigenvalue weighted by atomic mass is 16.5. The monoisotopic (exact) mass is 376 g/mol. The van der Waals surface area contributed by atoms with Crippen LogP contribution in [0.3, 0.4) is 0 Å². The minimum Gasteiger partial charge on any atom is -0.343 e. The summed E-state index contributed by atoms with van der Waals surface area (Å²) in [5.74, 6) is -0.525. The van der Waals surface area contributed by atoms with Crippen molar-refractivity contribution in [2.24, 2.45) is 0 Å². The van der Waals surface area contributed by atoms with Gasteiger partial charge in [0.2, 0.25) is 0 Å². The number of aryl methyl sites for hydroxylation is 1. The molecule has 1 aliphatic rings. The van der Waals surface area contributed by atoms with Crippen molar-refractivity contribution in [1.82, 2.24) is 20.3 Å². The van der Waals surface area contributed by atoms with Crippen molar-refractivity contribution >= 4 is 23.0 Å². The molecule has 0 atom stereocenters. The predicted molar refractivity (Wildman–Crippen MR) is 109 cm³/mol. The smallest absolute Gasteiger partial charge is 0.267 e. The van der Waals surface area contributed by atoms with Gasteiger partial charge in [0, 0.05) is 43.0 Å². The predicted octanol–water partition coefficient (Wildman–Crippen LogP) is 2.99. The van der Waals surface area contributed by atoms with Gasteiger partial charge in [-0.05, 0) is 60.2 Å². The molecule has 28 heavy (non-hydrogen) atoms. The summed E-state index contributed by atoms with van der Waals surface area (Å²) < 4.78 is 0. The fourth-order valence-electron chi connectivity index (χ4n) is 3.93. The summed E-state index contributed by atoms with van der Waals surface area (Å²) in [7, 11) is 0. The number of fused-ring (bicyclic) bond motifs is 2. The third-order valence-electron chi connectivity index (χ3n) is 5.43. The van der Waals surface area contributed by atoms with E-state index < -0.39 is 5.91 Å². The number of benzene rings is 1. The molecule has 6 nitrogen and oxygen atoms in total. The van der Waals surface area contributed by atoms with E-state index in [9.17, 15) is 4.79 Å². The lowest BCUT2D eigenvalue weighted by Gasteiger charge is -2.29. The van der Waals surface area contributed by atoms with Crippen molar-refractivity contribution in [3.05, 3.63) is 70.6 Å².